The van der Waals surface area contributed by atoms with Crippen molar-refractivity contribution in [3.63, 3.8) is 0 Å². The molecule has 3 aromatic rings. The first-order chi connectivity index (χ1) is 13.4. The number of hydrogen-bond acceptors (Lipinski definition) is 6. The Morgan fingerprint density at radius 1 is 1.29 bits per heavy atom. The molecule has 7 heteroatoms. The molecule has 0 amide bonds. The van der Waals surface area contributed by atoms with E-state index in [1.807, 2.05) is 31.2 Å². The highest BCUT2D eigenvalue weighted by atomic mass is 16.5. The molecule has 5 rings (SSSR count). The van der Waals surface area contributed by atoms with Gasteiger partial charge in [0.1, 0.15) is 22.9 Å². The molecule has 7 nitrogen and oxygen atoms in total. The van der Waals surface area contributed by atoms with E-state index in [1.54, 1.807) is 6.20 Å². The van der Waals surface area contributed by atoms with Gasteiger partial charge < -0.3 is 20.5 Å². The Morgan fingerprint density at radius 2 is 2.11 bits per heavy atom. The molecule has 4 N–H and O–H groups in total. The lowest BCUT2D eigenvalue weighted by atomic mass is 10.1. The van der Waals surface area contributed by atoms with Crippen molar-refractivity contribution in [2.75, 3.05) is 11.4 Å². The molecule has 0 radical (unpaired) electrons. The summed E-state index contributed by atoms with van der Waals surface area (Å²) >= 11 is 0. The van der Waals surface area contributed by atoms with Crippen LogP contribution in [0.4, 0.5) is 5.82 Å². The second-order valence-electron chi connectivity index (χ2n) is 8.27. The number of H-pyrrole nitrogens is 1. The third-order valence-corrected chi connectivity index (χ3v) is 6.04. The lowest BCUT2D eigenvalue weighted by Crippen LogP contribution is -2.40. The fourth-order valence-corrected chi connectivity index (χ4v) is 3.88. The summed E-state index contributed by atoms with van der Waals surface area (Å²) in [6.45, 7) is 4.64. The normalized spacial score (nSPS) is 26.0. The lowest BCUT2D eigenvalue weighted by Gasteiger charge is -2.24. The average molecular weight is 379 g/mol. The van der Waals surface area contributed by atoms with Gasteiger partial charge in [-0.3, -0.25) is 5.10 Å². The Labute approximate surface area is 163 Å². The van der Waals surface area contributed by atoms with Gasteiger partial charge in [0.2, 0.25) is 0 Å². The van der Waals surface area contributed by atoms with Crippen LogP contribution in [0.2, 0.25) is 0 Å². The first-order valence-corrected chi connectivity index (χ1v) is 9.77. The minimum Gasteiger partial charge on any atom is -0.488 e. The van der Waals surface area contributed by atoms with Crippen molar-refractivity contribution in [3.05, 3.63) is 36.5 Å². The monoisotopic (exact) mass is 379 g/mol. The quantitative estimate of drug-likeness (QED) is 0.644. The number of anilines is 1. The van der Waals surface area contributed by atoms with Gasteiger partial charge in [-0.25, -0.2) is 4.98 Å². The van der Waals surface area contributed by atoms with Crippen molar-refractivity contribution in [3.8, 4) is 17.0 Å². The van der Waals surface area contributed by atoms with Gasteiger partial charge in [-0.15, -0.1) is 0 Å². The summed E-state index contributed by atoms with van der Waals surface area (Å²) in [6.07, 6.45) is 3.42. The van der Waals surface area contributed by atoms with Crippen LogP contribution in [-0.4, -0.2) is 50.6 Å². The van der Waals surface area contributed by atoms with Gasteiger partial charge in [0.05, 0.1) is 17.7 Å². The fraction of sp³-hybridized carbons (Fsp3) is 0.429. The molecule has 1 aliphatic carbocycles. The fourth-order valence-electron chi connectivity index (χ4n) is 3.88. The molecule has 1 saturated heterocycles. The van der Waals surface area contributed by atoms with Crippen molar-refractivity contribution in [1.29, 1.82) is 0 Å². The number of fused-ring (bicyclic) bond motifs is 1. The first-order valence-electron chi connectivity index (χ1n) is 9.77. The number of aliphatic hydroxyl groups is 1. The van der Waals surface area contributed by atoms with Crippen molar-refractivity contribution < 1.29 is 9.84 Å². The molecule has 1 aromatic carbocycles. The smallest absolute Gasteiger partial charge is 0.129 e. The molecule has 2 fully saturated rings. The predicted molar refractivity (Wildman–Crippen MR) is 108 cm³/mol. The Bertz CT molecular complexity index is 1030. The van der Waals surface area contributed by atoms with Crippen LogP contribution in [0.1, 0.15) is 26.7 Å². The van der Waals surface area contributed by atoms with E-state index in [2.05, 4.69) is 33.1 Å². The summed E-state index contributed by atoms with van der Waals surface area (Å²) in [5.74, 6) is 1.66. The van der Waals surface area contributed by atoms with Gasteiger partial charge in [0.25, 0.3) is 0 Å². The number of rotatable bonds is 4. The first kappa shape index (κ1) is 17.5. The zero-order chi connectivity index (χ0) is 19.5. The molecule has 3 atom stereocenters. The van der Waals surface area contributed by atoms with Crippen LogP contribution in [0.25, 0.3) is 22.2 Å². The lowest BCUT2D eigenvalue weighted by molar-refractivity contribution is 0.175. The summed E-state index contributed by atoms with van der Waals surface area (Å²) in [7, 11) is 0. The van der Waals surface area contributed by atoms with Crippen LogP contribution >= 0.6 is 0 Å². The maximum atomic E-state index is 10.1. The van der Waals surface area contributed by atoms with Gasteiger partial charge in [-0.1, -0.05) is 0 Å². The second kappa shape index (κ2) is 6.18. The standard InChI is InChI=1S/C21H25N5O2/c1-12-19(22)17(27)11-26(12)18-9-13(5-8-23-18)20-15-10-14(28-21(2)6-7-21)3-4-16(15)24-25-20/h3-5,8-10,12,17,19,27H,6-7,11,22H2,1-2H3,(H,24,25). The second-order valence-corrected chi connectivity index (χ2v) is 8.27. The third kappa shape index (κ3) is 2.91. The summed E-state index contributed by atoms with van der Waals surface area (Å²) in [6, 6.07) is 9.75. The van der Waals surface area contributed by atoms with Crippen LogP contribution in [0.5, 0.6) is 5.75 Å². The molecule has 28 heavy (non-hydrogen) atoms. The van der Waals surface area contributed by atoms with Crippen molar-refractivity contribution in [1.82, 2.24) is 15.2 Å². The van der Waals surface area contributed by atoms with Crippen molar-refractivity contribution in [2.45, 2.75) is 50.5 Å². The Kier molecular flexibility index (Phi) is 3.86. The van der Waals surface area contributed by atoms with E-state index in [0.29, 0.717) is 6.54 Å². The van der Waals surface area contributed by atoms with Crippen LogP contribution < -0.4 is 15.4 Å². The topological polar surface area (TPSA) is 100 Å². The van der Waals surface area contributed by atoms with Gasteiger partial charge in [-0.2, -0.15) is 5.10 Å². The zero-order valence-corrected chi connectivity index (χ0v) is 16.1. The van der Waals surface area contributed by atoms with E-state index in [0.717, 1.165) is 46.6 Å². The van der Waals surface area contributed by atoms with Crippen LogP contribution in [0.15, 0.2) is 36.5 Å². The Balaban J connectivity index is 1.51. The van der Waals surface area contributed by atoms with E-state index in [1.165, 1.54) is 0 Å². The minimum absolute atomic E-state index is 0.0209. The number of nitrogens with zero attached hydrogens (tertiary/aromatic N) is 3. The molecule has 1 aliphatic heterocycles. The largest absolute Gasteiger partial charge is 0.488 e. The molecule has 2 aliphatic rings. The number of aliphatic hydroxyl groups excluding tert-OH is 1. The summed E-state index contributed by atoms with van der Waals surface area (Å²) < 4.78 is 6.12. The highest BCUT2D eigenvalue weighted by Crippen LogP contribution is 2.40. The van der Waals surface area contributed by atoms with Crippen LogP contribution in [0, 0.1) is 0 Å². The SMILES string of the molecule is CC1C(N)C(O)CN1c1cc(-c2n[nH]c3ccc(OC4(C)CC4)cc23)ccn1. The number of nitrogens with two attached hydrogens (primary N) is 1. The number of aromatic amines is 1. The third-order valence-electron chi connectivity index (χ3n) is 6.04. The number of nitrogens with one attached hydrogen (secondary N) is 1. The molecule has 146 valence electrons. The van der Waals surface area contributed by atoms with Gasteiger partial charge in [0, 0.05) is 29.7 Å². The Morgan fingerprint density at radius 3 is 2.82 bits per heavy atom. The summed E-state index contributed by atoms with van der Waals surface area (Å²) in [5.41, 5.74) is 8.85. The number of benzene rings is 1. The predicted octanol–water partition coefficient (Wildman–Crippen LogP) is 2.45. The zero-order valence-electron chi connectivity index (χ0n) is 16.1. The average Bonchev–Trinajstić information content (AvgIpc) is 3.17. The number of pyridine rings is 1. The molecule has 2 aromatic heterocycles. The van der Waals surface area contributed by atoms with Crippen LogP contribution in [-0.2, 0) is 0 Å². The minimum atomic E-state index is -0.546. The van der Waals surface area contributed by atoms with E-state index < -0.39 is 6.10 Å². The molecule has 1 saturated carbocycles. The summed E-state index contributed by atoms with van der Waals surface area (Å²) in [5, 5.41) is 18.8. The van der Waals surface area contributed by atoms with Gasteiger partial charge >= 0.3 is 0 Å². The van der Waals surface area contributed by atoms with E-state index in [9.17, 15) is 5.11 Å². The highest BCUT2D eigenvalue weighted by molar-refractivity contribution is 5.94. The maximum Gasteiger partial charge on any atom is 0.129 e. The van der Waals surface area contributed by atoms with E-state index in [-0.39, 0.29) is 17.7 Å². The molecular formula is C21H25N5O2. The van der Waals surface area contributed by atoms with E-state index >= 15 is 0 Å². The summed E-state index contributed by atoms with van der Waals surface area (Å²) in [4.78, 5) is 6.55. The molecular weight excluding hydrogens is 354 g/mol. The molecule has 3 unspecified atom stereocenters. The number of hydrogen-bond donors (Lipinski definition) is 3. The number of β-amino-alcohol motifs (C(OH)–C–C–N with tert-alkyl or cyclic N) is 1. The highest BCUT2D eigenvalue weighted by Gasteiger charge is 2.40. The molecule has 0 spiro atoms. The van der Waals surface area contributed by atoms with Gasteiger partial charge in [0.15, 0.2) is 0 Å². The molecule has 0 bridgehead atoms. The van der Waals surface area contributed by atoms with Crippen LogP contribution in [0.3, 0.4) is 0 Å². The number of aromatic nitrogens is 3. The van der Waals surface area contributed by atoms with Crippen molar-refractivity contribution >= 4 is 16.7 Å². The molecule has 3 heterocycles. The van der Waals surface area contributed by atoms with E-state index in [4.69, 9.17) is 10.5 Å². The Hall–Kier alpha value is -2.64. The van der Waals surface area contributed by atoms with Crippen molar-refractivity contribution in [2.24, 2.45) is 5.73 Å². The van der Waals surface area contributed by atoms with Gasteiger partial charge in [-0.05, 0) is 57.0 Å². The maximum absolute atomic E-state index is 10.1. The number of ether oxygens (including phenoxy) is 1.